The fourth-order valence-electron chi connectivity index (χ4n) is 17.2. The molecular weight excluding hydrogens is 1360 g/mol. The number of pyridine rings is 5. The number of hydrogen-bond donors (Lipinski definition) is 0. The number of nitrogens with zero attached hydrogens (tertiary/aromatic N) is 5. The maximum absolute atomic E-state index is 2.43. The smallest absolute Gasteiger partial charge is 0.198 e. The zero-order valence-corrected chi connectivity index (χ0v) is 69.2. The van der Waals surface area contributed by atoms with E-state index in [1.165, 1.54) is 205 Å². The molecule has 0 atom stereocenters. The lowest BCUT2D eigenvalue weighted by molar-refractivity contribution is -0.665. The molecule has 0 amide bonds. The molecule has 5 heteroatoms. The second-order valence-electron chi connectivity index (χ2n) is 32.2. The predicted octanol–water partition coefficient (Wildman–Crippen LogP) is 24.4. The lowest BCUT2D eigenvalue weighted by Gasteiger charge is -2.22. The van der Waals surface area contributed by atoms with Crippen LogP contribution in [0, 0.1) is 75.2 Å². The molecule has 12 aromatic carbocycles. The van der Waals surface area contributed by atoms with Crippen LogP contribution in [0.1, 0.15) is 100 Å². The summed E-state index contributed by atoms with van der Waals surface area (Å²) >= 11 is 0. The molecule has 18 rings (SSSR count). The van der Waals surface area contributed by atoms with Crippen LogP contribution < -0.4 is 22.8 Å². The molecule has 5 heterocycles. The van der Waals surface area contributed by atoms with E-state index in [9.17, 15) is 0 Å². The highest BCUT2D eigenvalue weighted by atomic mass is 15.0. The molecule has 5 nitrogen and oxygen atoms in total. The number of aromatic nitrogens is 5. The molecule has 0 N–H and O–H groups in total. The van der Waals surface area contributed by atoms with Gasteiger partial charge < -0.3 is 0 Å². The highest BCUT2D eigenvalue weighted by Crippen LogP contribution is 2.50. The van der Waals surface area contributed by atoms with Crippen molar-refractivity contribution in [3.8, 4) is 67.4 Å². The van der Waals surface area contributed by atoms with Gasteiger partial charge in [-0.1, -0.05) is 209 Å². The van der Waals surface area contributed by atoms with Crippen LogP contribution in [0.2, 0.25) is 0 Å². The Morgan fingerprint density at radius 3 is 1.29 bits per heavy atom. The van der Waals surface area contributed by atoms with Crippen molar-refractivity contribution in [2.24, 2.45) is 41.2 Å². The van der Waals surface area contributed by atoms with Gasteiger partial charge in [0.1, 0.15) is 35.2 Å². The maximum Gasteiger partial charge on any atom is 0.220 e. The van der Waals surface area contributed by atoms with E-state index in [4.69, 9.17) is 0 Å². The largest absolute Gasteiger partial charge is 0.220 e. The number of hydrogen-bond acceptors (Lipinski definition) is 0. The minimum Gasteiger partial charge on any atom is -0.198 e. The third-order valence-electron chi connectivity index (χ3n) is 23.7. The molecule has 556 valence electrons. The van der Waals surface area contributed by atoms with E-state index in [-0.39, 0.29) is 5.41 Å². The summed E-state index contributed by atoms with van der Waals surface area (Å²) in [6, 6.07) is 106. The Bertz CT molecular complexity index is 6480. The Morgan fingerprint density at radius 1 is 0.268 bits per heavy atom. The van der Waals surface area contributed by atoms with Crippen molar-refractivity contribution < 1.29 is 22.8 Å². The second kappa shape index (κ2) is 32.1. The zero-order valence-electron chi connectivity index (χ0n) is 69.2. The van der Waals surface area contributed by atoms with E-state index in [1.807, 2.05) is 0 Å². The van der Waals surface area contributed by atoms with Crippen molar-refractivity contribution >= 4 is 65.0 Å². The number of aryl methyl sites for hydroxylation is 12. The molecule has 17 aromatic rings. The van der Waals surface area contributed by atoms with Gasteiger partial charge in [-0.3, -0.25) is 0 Å². The summed E-state index contributed by atoms with van der Waals surface area (Å²) in [7, 11) is 10.8. The summed E-state index contributed by atoms with van der Waals surface area (Å²) in [6.07, 6.45) is 1.11. The van der Waals surface area contributed by atoms with Gasteiger partial charge in [-0.25, -0.2) is 0 Å². The van der Waals surface area contributed by atoms with Gasteiger partial charge in [-0.05, 0) is 223 Å². The molecule has 5 aromatic heterocycles. The third kappa shape index (κ3) is 15.1. The average molecular weight is 1460 g/mol. The predicted molar refractivity (Wildman–Crippen MR) is 474 cm³/mol. The van der Waals surface area contributed by atoms with E-state index in [1.54, 1.807) is 0 Å². The molecule has 0 radical (unpaired) electrons. The van der Waals surface area contributed by atoms with E-state index in [0.717, 1.165) is 6.42 Å². The molecule has 0 unspecified atom stereocenters. The van der Waals surface area contributed by atoms with Crippen LogP contribution in [0.3, 0.4) is 0 Å². The minimum atomic E-state index is 0.0315. The van der Waals surface area contributed by atoms with Crippen LogP contribution in [0.5, 0.6) is 0 Å². The number of benzene rings is 12. The van der Waals surface area contributed by atoms with Gasteiger partial charge in [0.2, 0.25) is 45.0 Å². The van der Waals surface area contributed by atoms with Gasteiger partial charge in [-0.15, -0.1) is 0 Å². The fraction of sp³-hybridized carbons (Fsp3) is 0.206. The monoisotopic (exact) mass is 1460 g/mol. The van der Waals surface area contributed by atoms with Gasteiger partial charge in [0.25, 0.3) is 0 Å². The molecular formula is C107H108N5+5. The van der Waals surface area contributed by atoms with Crippen LogP contribution in [0.15, 0.2) is 291 Å². The Hall–Kier alpha value is -12.1. The minimum absolute atomic E-state index is 0.0315. The zero-order chi connectivity index (χ0) is 79.0. The SMILES string of the molecule is Cc1cc(C)c(C)c(-c2cc(CC(C)C)c3ccccc3[n+]2C)c1.Cc1cc2c(cc1-c1ccc3ccccc3[n+]1C)C(C)(C)c1ccccc1-2.Cc1cc2ccccc2cc1-c1ccc2ccccc2[n+]1C.Cc1ccc(C)c(-c2c3ccccc3cc(C)[n+]2C)c1.Cc1ccccc1-c1c2ccccc2cc(C)[n+]1C. The average Bonchev–Trinajstić information content (AvgIpc) is 1.56. The Labute approximate surface area is 664 Å². The summed E-state index contributed by atoms with van der Waals surface area (Å²) in [4.78, 5) is 0. The number of fused-ring (bicyclic) bond motifs is 9. The first-order valence-electron chi connectivity index (χ1n) is 39.8. The van der Waals surface area contributed by atoms with Gasteiger partial charge >= 0.3 is 0 Å². The van der Waals surface area contributed by atoms with Crippen molar-refractivity contribution in [2.75, 3.05) is 0 Å². The van der Waals surface area contributed by atoms with Crippen molar-refractivity contribution in [3.63, 3.8) is 0 Å². The van der Waals surface area contributed by atoms with Gasteiger partial charge in [0.15, 0.2) is 11.4 Å². The van der Waals surface area contributed by atoms with Crippen LogP contribution in [-0.2, 0) is 47.1 Å². The maximum atomic E-state index is 2.43. The summed E-state index contributed by atoms with van der Waals surface area (Å²) < 4.78 is 11.5. The van der Waals surface area contributed by atoms with Gasteiger partial charge in [-0.2, -0.15) is 22.8 Å². The second-order valence-corrected chi connectivity index (χ2v) is 32.2. The molecule has 0 spiro atoms. The normalized spacial score (nSPS) is 11.9. The van der Waals surface area contributed by atoms with Crippen LogP contribution in [0.4, 0.5) is 0 Å². The van der Waals surface area contributed by atoms with E-state index in [2.05, 4.69) is 446 Å². The van der Waals surface area contributed by atoms with Crippen molar-refractivity contribution in [1.82, 2.24) is 0 Å². The fourth-order valence-corrected chi connectivity index (χ4v) is 17.2. The van der Waals surface area contributed by atoms with Crippen LogP contribution in [-0.4, -0.2) is 0 Å². The first-order valence-corrected chi connectivity index (χ1v) is 39.8. The van der Waals surface area contributed by atoms with E-state index < -0.39 is 0 Å². The first-order chi connectivity index (χ1) is 53.9. The molecule has 1 aliphatic carbocycles. The molecule has 0 saturated heterocycles. The third-order valence-corrected chi connectivity index (χ3v) is 23.7. The van der Waals surface area contributed by atoms with Crippen molar-refractivity contribution in [1.29, 1.82) is 0 Å². The summed E-state index contributed by atoms with van der Waals surface area (Å²) in [5.74, 6) is 0.648. The van der Waals surface area contributed by atoms with Gasteiger partial charge in [0.05, 0.1) is 10.8 Å². The van der Waals surface area contributed by atoms with Crippen molar-refractivity contribution in [3.05, 3.63) is 364 Å². The van der Waals surface area contributed by atoms with Gasteiger partial charge in [0, 0.05) is 112 Å². The van der Waals surface area contributed by atoms with E-state index >= 15 is 0 Å². The van der Waals surface area contributed by atoms with Crippen LogP contribution in [0.25, 0.3) is 132 Å². The Kier molecular flexibility index (Phi) is 22.0. The quantitative estimate of drug-likeness (QED) is 0.142. The topological polar surface area (TPSA) is 19.4 Å². The van der Waals surface area contributed by atoms with E-state index in [0.29, 0.717) is 5.92 Å². The Balaban J connectivity index is 0.000000117. The lowest BCUT2D eigenvalue weighted by atomic mass is 9.81. The lowest BCUT2D eigenvalue weighted by Crippen LogP contribution is -2.35. The first kappa shape index (κ1) is 76.7. The Morgan fingerprint density at radius 2 is 0.714 bits per heavy atom. The highest BCUT2D eigenvalue weighted by molar-refractivity contribution is 5.96. The number of para-hydroxylation sites is 3. The van der Waals surface area contributed by atoms with Crippen molar-refractivity contribution in [2.45, 2.75) is 109 Å². The molecule has 0 aliphatic heterocycles. The summed E-state index contributed by atoms with van der Waals surface area (Å²) in [6.45, 7) is 31.2. The number of rotatable bonds is 7. The molecule has 0 fully saturated rings. The molecule has 0 bridgehead atoms. The van der Waals surface area contributed by atoms with Crippen LogP contribution >= 0.6 is 0 Å². The molecule has 1 aliphatic rings. The molecule has 112 heavy (non-hydrogen) atoms. The molecule has 0 saturated carbocycles. The standard InChI is InChI=1S/C26H24N.C23H28N.C21H18N.C19H20N.C18H18N/c1-17-15-21-19-10-6-7-11-22(19)26(2,3)23(21)16-20(17)25-14-13-18-9-5-8-12-24(18)27(25)4;1-15(2)11-19-14-23(21-13-16(3)12-17(4)18(21)5)24(6)22-10-8-7-9-20(19)22;1-15-13-17-8-3-4-9-18(17)14-19(15)21-12-11-16-7-5-6-10-20(16)22(21)2;1-13-9-10-14(2)18(11-13)19-17-8-6-5-7-16(17)12-15(3)20(19)4;1-13-8-4-6-10-16(13)18-17-11-7-5-9-15(17)12-14(2)19(18)3/h5-16H,1-4H3;7-10,12-15H,11H2,1-6H3;3-14H,1-2H3;5-12H,1-4H3;4-12H,1-3H3/q5*+1. The summed E-state index contributed by atoms with van der Waals surface area (Å²) in [5.41, 5.74) is 37.2. The highest BCUT2D eigenvalue weighted by Gasteiger charge is 2.37. The summed E-state index contributed by atoms with van der Waals surface area (Å²) in [5, 5.41) is 11.7.